The van der Waals surface area contributed by atoms with Gasteiger partial charge in [-0.05, 0) is 60.8 Å². The molecule has 4 N–H and O–H groups in total. The lowest BCUT2D eigenvalue weighted by atomic mass is 10.3. The van der Waals surface area contributed by atoms with Gasteiger partial charge in [0.25, 0.3) is 0 Å². The summed E-state index contributed by atoms with van der Waals surface area (Å²) in [4.78, 5) is 4.20. The molecular weight excluding hydrogens is 475 g/mol. The van der Waals surface area contributed by atoms with E-state index in [0.29, 0.717) is 5.11 Å². The molecule has 164 valence electrons. The number of fused-ring (bicyclic) bond motifs is 1. The monoisotopic (exact) mass is 497 g/mol. The van der Waals surface area contributed by atoms with E-state index in [4.69, 9.17) is 24.4 Å². The standard InChI is InChI=1S/C13H12N2S.C7H5NS2.C3H6N2S/c16-13(14-11-7-3-1-4-8-11)15-12-9-5-2-6-10-12;9-7-8-5-3-1-2-4-6(5)10-7;6-3-4-1-2-5-3/h1-10H,(H2,14,15,16);1-4H,(H,8,9);1-2H2,(H2,4,5,6). The molecule has 5 nitrogen and oxygen atoms in total. The fourth-order valence-corrected chi connectivity index (χ4v) is 4.16. The number of thiocarbonyl (C=S) groups is 2. The van der Waals surface area contributed by atoms with Crippen LogP contribution >= 0.6 is 48.4 Å². The van der Waals surface area contributed by atoms with Gasteiger partial charge in [-0.15, -0.1) is 24.0 Å². The maximum absolute atomic E-state index is 5.20. The number of para-hydroxylation sites is 3. The van der Waals surface area contributed by atoms with Crippen molar-refractivity contribution >= 4 is 80.2 Å². The number of nitrogens with one attached hydrogen (secondary N) is 4. The van der Waals surface area contributed by atoms with Crippen LogP contribution in [0.1, 0.15) is 0 Å². The molecule has 1 aliphatic rings. The minimum absolute atomic E-state index is 0.595. The summed E-state index contributed by atoms with van der Waals surface area (Å²) < 4.78 is 2.04. The molecule has 0 radical (unpaired) electrons. The Hall–Kier alpha value is -2.72. The summed E-state index contributed by atoms with van der Waals surface area (Å²) in [5.41, 5.74) is 3.00. The highest BCUT2D eigenvalue weighted by molar-refractivity contribution is 7.83. The Morgan fingerprint density at radius 1 is 0.812 bits per heavy atom. The highest BCUT2D eigenvalue weighted by Crippen LogP contribution is 2.23. The van der Waals surface area contributed by atoms with Crippen LogP contribution in [0.25, 0.3) is 10.2 Å². The second kappa shape index (κ2) is 13.0. The third kappa shape index (κ3) is 8.43. The van der Waals surface area contributed by atoms with Crippen molar-refractivity contribution in [3.8, 4) is 0 Å². The molecule has 1 saturated heterocycles. The van der Waals surface area contributed by atoms with Crippen LogP contribution in [0.2, 0.25) is 0 Å². The van der Waals surface area contributed by atoms with Gasteiger partial charge >= 0.3 is 0 Å². The summed E-state index contributed by atoms with van der Waals surface area (Å²) >= 11 is 15.6. The number of hydrogen-bond acceptors (Lipinski definition) is 5. The van der Waals surface area contributed by atoms with E-state index in [2.05, 4.69) is 38.9 Å². The number of hydrogen-bond donors (Lipinski definition) is 5. The average molecular weight is 498 g/mol. The minimum atomic E-state index is 0.595. The largest absolute Gasteiger partial charge is 0.361 e. The zero-order chi connectivity index (χ0) is 22.6. The van der Waals surface area contributed by atoms with E-state index < -0.39 is 0 Å². The van der Waals surface area contributed by atoms with Gasteiger partial charge < -0.3 is 21.3 Å². The fraction of sp³-hybridized carbons (Fsp3) is 0.0870. The van der Waals surface area contributed by atoms with E-state index in [1.54, 1.807) is 11.3 Å². The van der Waals surface area contributed by atoms with Crippen molar-refractivity contribution in [3.63, 3.8) is 0 Å². The van der Waals surface area contributed by atoms with Crippen molar-refractivity contribution in [1.29, 1.82) is 0 Å². The first kappa shape index (κ1) is 23.9. The summed E-state index contributed by atoms with van der Waals surface area (Å²) in [6, 6.07) is 27.7. The van der Waals surface area contributed by atoms with Gasteiger partial charge in [-0.3, -0.25) is 0 Å². The summed E-state index contributed by atoms with van der Waals surface area (Å²) in [7, 11) is 0. The van der Waals surface area contributed by atoms with Gasteiger partial charge in [-0.1, -0.05) is 48.5 Å². The van der Waals surface area contributed by atoms with Gasteiger partial charge in [0.2, 0.25) is 0 Å². The highest BCUT2D eigenvalue weighted by Gasteiger charge is 1.99. The number of rotatable bonds is 2. The zero-order valence-corrected chi connectivity index (χ0v) is 20.5. The molecule has 1 aliphatic heterocycles. The molecular formula is C23H23N5S4. The predicted molar refractivity (Wildman–Crippen MR) is 148 cm³/mol. The van der Waals surface area contributed by atoms with Crippen LogP contribution in [-0.2, 0) is 0 Å². The van der Waals surface area contributed by atoms with Crippen LogP contribution in [0.15, 0.2) is 89.3 Å². The average Bonchev–Trinajstić information content (AvgIpc) is 3.43. The van der Waals surface area contributed by atoms with Gasteiger partial charge in [0.15, 0.2) is 10.2 Å². The van der Waals surface area contributed by atoms with Crippen molar-refractivity contribution in [2.24, 2.45) is 0 Å². The molecule has 0 spiro atoms. The second-order valence-electron chi connectivity index (χ2n) is 6.46. The Morgan fingerprint density at radius 2 is 1.31 bits per heavy atom. The first-order valence-electron chi connectivity index (χ1n) is 9.84. The molecule has 5 rings (SSSR count). The number of benzene rings is 3. The molecule has 4 aromatic rings. The van der Waals surface area contributed by atoms with Crippen molar-refractivity contribution < 1.29 is 0 Å². The Kier molecular flexibility index (Phi) is 9.70. The van der Waals surface area contributed by atoms with Crippen LogP contribution in [0, 0.1) is 0 Å². The quantitative estimate of drug-likeness (QED) is 0.184. The van der Waals surface area contributed by atoms with Gasteiger partial charge in [-0.2, -0.15) is 0 Å². The van der Waals surface area contributed by atoms with E-state index in [1.807, 2.05) is 84.9 Å². The molecule has 1 aromatic heterocycles. The van der Waals surface area contributed by atoms with E-state index in [1.165, 1.54) is 4.70 Å². The Morgan fingerprint density at radius 3 is 1.78 bits per heavy atom. The Balaban J connectivity index is 0.000000152. The molecule has 0 aliphatic carbocycles. The number of nitrogens with zero attached hydrogens (tertiary/aromatic N) is 1. The third-order valence-corrected chi connectivity index (χ3v) is 5.75. The summed E-state index contributed by atoms with van der Waals surface area (Å²) in [6.07, 6.45) is 0. The molecule has 0 atom stereocenters. The lowest BCUT2D eigenvalue weighted by molar-refractivity contribution is 0.942. The van der Waals surface area contributed by atoms with Crippen LogP contribution in [-0.4, -0.2) is 28.3 Å². The van der Waals surface area contributed by atoms with Crippen molar-refractivity contribution in [2.45, 2.75) is 4.34 Å². The van der Waals surface area contributed by atoms with Gasteiger partial charge in [0.05, 0.1) is 10.2 Å². The number of anilines is 2. The molecule has 1 fully saturated rings. The summed E-state index contributed by atoms with van der Waals surface area (Å²) in [6.45, 7) is 1.97. The molecule has 0 amide bonds. The van der Waals surface area contributed by atoms with E-state index in [-0.39, 0.29) is 0 Å². The Bertz CT molecular complexity index is 1050. The molecule has 3 aromatic carbocycles. The lowest BCUT2D eigenvalue weighted by Gasteiger charge is -2.09. The van der Waals surface area contributed by atoms with Crippen molar-refractivity contribution in [1.82, 2.24) is 15.6 Å². The first-order valence-corrected chi connectivity index (χ1v) is 11.9. The van der Waals surface area contributed by atoms with Crippen LogP contribution in [0.3, 0.4) is 0 Å². The zero-order valence-electron chi connectivity index (χ0n) is 17.1. The number of thiazole rings is 1. The summed E-state index contributed by atoms with van der Waals surface area (Å²) in [5, 5.41) is 13.5. The summed E-state index contributed by atoms with van der Waals surface area (Å²) in [5.74, 6) is 0. The third-order valence-electron chi connectivity index (χ3n) is 4.04. The van der Waals surface area contributed by atoms with Gasteiger partial charge in [-0.25, -0.2) is 4.98 Å². The predicted octanol–water partition coefficient (Wildman–Crippen LogP) is 5.54. The minimum Gasteiger partial charge on any atom is -0.361 e. The van der Waals surface area contributed by atoms with E-state index in [9.17, 15) is 0 Å². The molecule has 2 heterocycles. The second-order valence-corrected chi connectivity index (χ2v) is 9.03. The lowest BCUT2D eigenvalue weighted by Crippen LogP contribution is -2.19. The van der Waals surface area contributed by atoms with E-state index in [0.717, 1.165) is 39.4 Å². The molecule has 0 bridgehead atoms. The molecule has 32 heavy (non-hydrogen) atoms. The maximum Gasteiger partial charge on any atom is 0.175 e. The fourth-order valence-electron chi connectivity index (χ4n) is 2.61. The van der Waals surface area contributed by atoms with E-state index >= 15 is 0 Å². The van der Waals surface area contributed by atoms with Crippen LogP contribution in [0.4, 0.5) is 11.4 Å². The smallest absolute Gasteiger partial charge is 0.175 e. The molecule has 0 unspecified atom stereocenters. The van der Waals surface area contributed by atoms with Crippen LogP contribution in [0.5, 0.6) is 0 Å². The van der Waals surface area contributed by atoms with Gasteiger partial charge in [0.1, 0.15) is 4.34 Å². The van der Waals surface area contributed by atoms with Gasteiger partial charge in [0, 0.05) is 24.5 Å². The Labute approximate surface area is 208 Å². The maximum atomic E-state index is 5.20. The van der Waals surface area contributed by atoms with Crippen molar-refractivity contribution in [3.05, 3.63) is 84.9 Å². The number of thiol groups is 1. The molecule has 0 saturated carbocycles. The molecule has 9 heteroatoms. The first-order chi connectivity index (χ1) is 15.6. The number of aromatic nitrogens is 1. The van der Waals surface area contributed by atoms with Crippen LogP contribution < -0.4 is 21.3 Å². The van der Waals surface area contributed by atoms with Crippen molar-refractivity contribution in [2.75, 3.05) is 23.7 Å². The SMILES string of the molecule is S=C(Nc1ccccc1)Nc1ccccc1.S=C1NCCN1.Sc1nc2ccccc2s1. The topological polar surface area (TPSA) is 61.0 Å². The normalized spacial score (nSPS) is 11.7. The highest BCUT2D eigenvalue weighted by atomic mass is 32.2.